The van der Waals surface area contributed by atoms with Crippen molar-refractivity contribution in [2.24, 2.45) is 5.41 Å². The number of hydrogen-bond acceptors (Lipinski definition) is 0. The number of benzene rings is 1. The summed E-state index contributed by atoms with van der Waals surface area (Å²) < 4.78 is 0. The Bertz CT molecular complexity index is 546. The average molecular weight is 213 g/mol. The molecule has 1 N–H and O–H groups in total. The number of nitrogens with one attached hydrogen (secondary N) is 1. The highest BCUT2D eigenvalue weighted by Crippen LogP contribution is 2.38. The lowest BCUT2D eigenvalue weighted by molar-refractivity contribution is 0.315. The molecular weight excluding hydrogens is 194 g/mol. The van der Waals surface area contributed by atoms with E-state index in [1.165, 1.54) is 41.4 Å². The van der Waals surface area contributed by atoms with Crippen LogP contribution in [0.4, 0.5) is 0 Å². The minimum absolute atomic E-state index is 0.464. The molecule has 84 valence electrons. The Balaban J connectivity index is 2.23. The van der Waals surface area contributed by atoms with Gasteiger partial charge in [0.2, 0.25) is 0 Å². The van der Waals surface area contributed by atoms with Gasteiger partial charge in [-0.1, -0.05) is 25.5 Å². The molecule has 0 amide bonds. The van der Waals surface area contributed by atoms with E-state index >= 15 is 0 Å². The Morgan fingerprint density at radius 1 is 1.25 bits per heavy atom. The summed E-state index contributed by atoms with van der Waals surface area (Å²) in [5.41, 5.74) is 6.17. The molecule has 0 fully saturated rings. The van der Waals surface area contributed by atoms with Gasteiger partial charge in [-0.15, -0.1) is 0 Å². The highest BCUT2D eigenvalue weighted by atomic mass is 14.7. The largest absolute Gasteiger partial charge is 0.358 e. The second-order valence-corrected chi connectivity index (χ2v) is 5.97. The summed E-state index contributed by atoms with van der Waals surface area (Å²) in [6, 6.07) is 6.73. The molecular formula is C15H19N. The normalized spacial score (nSPS) is 18.7. The summed E-state index contributed by atoms with van der Waals surface area (Å²) in [7, 11) is 0. The van der Waals surface area contributed by atoms with Crippen LogP contribution in [0.2, 0.25) is 0 Å². The van der Waals surface area contributed by atoms with Gasteiger partial charge in [-0.2, -0.15) is 0 Å². The van der Waals surface area contributed by atoms with E-state index in [-0.39, 0.29) is 0 Å². The van der Waals surface area contributed by atoms with Crippen molar-refractivity contribution in [3.63, 3.8) is 0 Å². The third-order valence-corrected chi connectivity index (χ3v) is 3.86. The van der Waals surface area contributed by atoms with Crippen molar-refractivity contribution < 1.29 is 0 Å². The second kappa shape index (κ2) is 3.13. The summed E-state index contributed by atoms with van der Waals surface area (Å²) in [5, 5.41) is 1.45. The molecule has 1 heteroatoms. The van der Waals surface area contributed by atoms with Gasteiger partial charge in [0.15, 0.2) is 0 Å². The fourth-order valence-corrected chi connectivity index (χ4v) is 2.86. The summed E-state index contributed by atoms with van der Waals surface area (Å²) in [5.74, 6) is 0. The number of hydrogen-bond donors (Lipinski definition) is 1. The first-order valence-corrected chi connectivity index (χ1v) is 6.15. The molecule has 0 saturated carbocycles. The Morgan fingerprint density at radius 2 is 2.06 bits per heavy atom. The minimum Gasteiger partial charge on any atom is -0.358 e. The fourth-order valence-electron chi connectivity index (χ4n) is 2.86. The first-order chi connectivity index (χ1) is 7.55. The van der Waals surface area contributed by atoms with Crippen LogP contribution in [0, 0.1) is 12.3 Å². The van der Waals surface area contributed by atoms with Crippen LogP contribution in [0.25, 0.3) is 10.9 Å². The average Bonchev–Trinajstić information content (AvgIpc) is 2.55. The molecule has 16 heavy (non-hydrogen) atoms. The molecule has 1 aliphatic carbocycles. The van der Waals surface area contributed by atoms with Crippen LogP contribution < -0.4 is 0 Å². The molecule has 1 aromatic carbocycles. The van der Waals surface area contributed by atoms with E-state index in [2.05, 4.69) is 44.0 Å². The monoisotopic (exact) mass is 213 g/mol. The third-order valence-electron chi connectivity index (χ3n) is 3.86. The third kappa shape index (κ3) is 1.46. The van der Waals surface area contributed by atoms with Crippen LogP contribution in [0.15, 0.2) is 18.2 Å². The summed E-state index contributed by atoms with van der Waals surface area (Å²) in [4.78, 5) is 3.58. The second-order valence-electron chi connectivity index (χ2n) is 5.97. The van der Waals surface area contributed by atoms with Gasteiger partial charge in [0.1, 0.15) is 0 Å². The van der Waals surface area contributed by atoms with Crippen LogP contribution in [0.3, 0.4) is 0 Å². The van der Waals surface area contributed by atoms with Crippen molar-refractivity contribution in [2.45, 2.75) is 40.0 Å². The van der Waals surface area contributed by atoms with Crippen LogP contribution in [0.1, 0.15) is 37.1 Å². The predicted octanol–water partition coefficient (Wildman–Crippen LogP) is 3.99. The lowest BCUT2D eigenvalue weighted by Crippen LogP contribution is -2.21. The number of fused-ring (bicyclic) bond motifs is 3. The van der Waals surface area contributed by atoms with Crippen molar-refractivity contribution in [3.8, 4) is 0 Å². The van der Waals surface area contributed by atoms with Gasteiger partial charge in [0.25, 0.3) is 0 Å². The van der Waals surface area contributed by atoms with Crippen LogP contribution in [-0.4, -0.2) is 4.98 Å². The Morgan fingerprint density at radius 3 is 2.88 bits per heavy atom. The molecule has 2 aromatic rings. The quantitative estimate of drug-likeness (QED) is 0.681. The first-order valence-electron chi connectivity index (χ1n) is 6.15. The van der Waals surface area contributed by atoms with Crippen molar-refractivity contribution in [1.29, 1.82) is 0 Å². The molecule has 0 atom stereocenters. The lowest BCUT2D eigenvalue weighted by Gasteiger charge is -2.29. The zero-order chi connectivity index (χ0) is 11.3. The number of aromatic amines is 1. The number of aromatic nitrogens is 1. The maximum atomic E-state index is 3.58. The van der Waals surface area contributed by atoms with Crippen LogP contribution in [-0.2, 0) is 12.8 Å². The van der Waals surface area contributed by atoms with Gasteiger partial charge in [-0.05, 0) is 49.3 Å². The summed E-state index contributed by atoms with van der Waals surface area (Å²) in [6.45, 7) is 6.93. The van der Waals surface area contributed by atoms with E-state index in [1.54, 1.807) is 5.56 Å². The van der Waals surface area contributed by atoms with Crippen molar-refractivity contribution in [2.75, 3.05) is 0 Å². The summed E-state index contributed by atoms with van der Waals surface area (Å²) >= 11 is 0. The van der Waals surface area contributed by atoms with Crippen LogP contribution >= 0.6 is 0 Å². The molecule has 0 unspecified atom stereocenters. The molecule has 0 bridgehead atoms. The Labute approximate surface area is 96.9 Å². The number of H-pyrrole nitrogens is 1. The SMILES string of the molecule is Cc1ccc2[nH]c3c(c2c1)CC(C)(C)CC3. The van der Waals surface area contributed by atoms with Gasteiger partial charge < -0.3 is 4.98 Å². The Kier molecular flexibility index (Phi) is 1.95. The highest BCUT2D eigenvalue weighted by Gasteiger charge is 2.27. The molecule has 0 radical (unpaired) electrons. The smallest absolute Gasteiger partial charge is 0.0459 e. The molecule has 0 spiro atoms. The van der Waals surface area contributed by atoms with Crippen molar-refractivity contribution >= 4 is 10.9 Å². The summed E-state index contributed by atoms with van der Waals surface area (Å²) in [6.07, 6.45) is 3.72. The molecule has 1 aromatic heterocycles. The first kappa shape index (κ1) is 9.95. The zero-order valence-electron chi connectivity index (χ0n) is 10.4. The van der Waals surface area contributed by atoms with Gasteiger partial charge in [0, 0.05) is 16.6 Å². The molecule has 0 saturated heterocycles. The maximum absolute atomic E-state index is 3.58. The van der Waals surface area contributed by atoms with E-state index in [4.69, 9.17) is 0 Å². The van der Waals surface area contributed by atoms with E-state index in [0.717, 1.165) is 0 Å². The number of rotatable bonds is 0. The number of aryl methyl sites for hydroxylation is 2. The Hall–Kier alpha value is -1.24. The molecule has 3 rings (SSSR count). The van der Waals surface area contributed by atoms with Gasteiger partial charge in [-0.25, -0.2) is 0 Å². The lowest BCUT2D eigenvalue weighted by atomic mass is 9.76. The molecule has 1 nitrogen and oxygen atoms in total. The van der Waals surface area contributed by atoms with E-state index in [1.807, 2.05) is 0 Å². The van der Waals surface area contributed by atoms with Gasteiger partial charge >= 0.3 is 0 Å². The van der Waals surface area contributed by atoms with E-state index in [0.29, 0.717) is 5.41 Å². The standard InChI is InChI=1S/C15H19N/c1-10-4-5-13-11(8-10)12-9-15(2,3)7-6-14(12)16-13/h4-5,8,16H,6-7,9H2,1-3H3. The van der Waals surface area contributed by atoms with E-state index < -0.39 is 0 Å². The topological polar surface area (TPSA) is 15.8 Å². The molecule has 1 aliphatic rings. The molecule has 1 heterocycles. The zero-order valence-corrected chi connectivity index (χ0v) is 10.4. The minimum atomic E-state index is 0.464. The maximum Gasteiger partial charge on any atom is 0.0459 e. The van der Waals surface area contributed by atoms with Crippen molar-refractivity contribution in [1.82, 2.24) is 4.98 Å². The van der Waals surface area contributed by atoms with E-state index in [9.17, 15) is 0 Å². The van der Waals surface area contributed by atoms with Crippen LogP contribution in [0.5, 0.6) is 0 Å². The predicted molar refractivity (Wildman–Crippen MR) is 68.8 cm³/mol. The molecule has 0 aliphatic heterocycles. The fraction of sp³-hybridized carbons (Fsp3) is 0.467. The van der Waals surface area contributed by atoms with Crippen molar-refractivity contribution in [3.05, 3.63) is 35.0 Å². The van der Waals surface area contributed by atoms with Gasteiger partial charge in [0.05, 0.1) is 0 Å². The highest BCUT2D eigenvalue weighted by molar-refractivity contribution is 5.85. The van der Waals surface area contributed by atoms with Gasteiger partial charge in [-0.3, -0.25) is 0 Å².